The summed E-state index contributed by atoms with van der Waals surface area (Å²) in [5.41, 5.74) is 1.26. The molecular formula is C10H14O2S. The first-order valence-corrected chi connectivity index (χ1v) is 5.24. The van der Waals surface area contributed by atoms with Crippen molar-refractivity contribution in [3.05, 3.63) is 35.9 Å². The van der Waals surface area contributed by atoms with Gasteiger partial charge in [-0.15, -0.1) is 0 Å². The van der Waals surface area contributed by atoms with Gasteiger partial charge in [-0.05, 0) is 24.0 Å². The molecule has 0 saturated carbocycles. The van der Waals surface area contributed by atoms with Gasteiger partial charge in [0.1, 0.15) is 0 Å². The Morgan fingerprint density at radius 1 is 1.23 bits per heavy atom. The average Bonchev–Trinajstić information content (AvgIpc) is 2.19. The van der Waals surface area contributed by atoms with E-state index in [1.54, 1.807) is 0 Å². The van der Waals surface area contributed by atoms with Crippen LogP contribution in [0.3, 0.4) is 0 Å². The Hall–Kier alpha value is -0.510. The molecule has 13 heavy (non-hydrogen) atoms. The van der Waals surface area contributed by atoms with Gasteiger partial charge < -0.3 is 9.29 Å². The van der Waals surface area contributed by atoms with Gasteiger partial charge in [0.05, 0.1) is 6.61 Å². The number of aliphatic hydroxyl groups is 1. The molecule has 0 atom stereocenters. The summed E-state index contributed by atoms with van der Waals surface area (Å²) in [6.45, 7) is 0.819. The standard InChI is InChI=1S/C10H14O2S/c11-7-4-8-12-13-9-10-5-2-1-3-6-10/h1-3,5-6,11H,4,7-9H2. The molecule has 1 rings (SSSR count). The molecule has 0 bridgehead atoms. The zero-order valence-electron chi connectivity index (χ0n) is 7.48. The summed E-state index contributed by atoms with van der Waals surface area (Å²) in [5.74, 6) is 0.867. The van der Waals surface area contributed by atoms with Crippen LogP contribution in [0, 0.1) is 0 Å². The Kier molecular flexibility index (Phi) is 5.65. The van der Waals surface area contributed by atoms with Gasteiger partial charge in [-0.2, -0.15) is 0 Å². The summed E-state index contributed by atoms with van der Waals surface area (Å²) in [7, 11) is 0. The molecule has 0 aliphatic carbocycles. The number of hydrogen-bond acceptors (Lipinski definition) is 3. The predicted molar refractivity (Wildman–Crippen MR) is 55.4 cm³/mol. The first kappa shape index (κ1) is 10.6. The van der Waals surface area contributed by atoms with E-state index in [0.29, 0.717) is 13.0 Å². The summed E-state index contributed by atoms with van der Waals surface area (Å²) >= 11 is 1.44. The van der Waals surface area contributed by atoms with Crippen LogP contribution in [0.2, 0.25) is 0 Å². The van der Waals surface area contributed by atoms with E-state index < -0.39 is 0 Å². The van der Waals surface area contributed by atoms with Crippen molar-refractivity contribution >= 4 is 12.0 Å². The number of benzene rings is 1. The second kappa shape index (κ2) is 6.95. The Morgan fingerprint density at radius 2 is 2.00 bits per heavy atom. The zero-order chi connectivity index (χ0) is 9.36. The van der Waals surface area contributed by atoms with Gasteiger partial charge in [0, 0.05) is 12.4 Å². The average molecular weight is 198 g/mol. The maximum atomic E-state index is 8.49. The van der Waals surface area contributed by atoms with Gasteiger partial charge in [0.25, 0.3) is 0 Å². The SMILES string of the molecule is OCCCOSCc1ccccc1. The molecule has 0 fully saturated rings. The summed E-state index contributed by atoms with van der Waals surface area (Å²) in [4.78, 5) is 0. The van der Waals surface area contributed by atoms with Gasteiger partial charge >= 0.3 is 0 Å². The van der Waals surface area contributed by atoms with E-state index in [-0.39, 0.29) is 6.61 Å². The van der Waals surface area contributed by atoms with Crippen molar-refractivity contribution in [2.24, 2.45) is 0 Å². The molecule has 1 aromatic rings. The van der Waals surface area contributed by atoms with Crippen LogP contribution in [0.15, 0.2) is 30.3 Å². The van der Waals surface area contributed by atoms with Crippen molar-refractivity contribution in [2.75, 3.05) is 13.2 Å². The molecule has 1 aromatic carbocycles. The Morgan fingerprint density at radius 3 is 2.69 bits per heavy atom. The van der Waals surface area contributed by atoms with Crippen molar-refractivity contribution in [3.63, 3.8) is 0 Å². The van der Waals surface area contributed by atoms with E-state index in [4.69, 9.17) is 9.29 Å². The molecule has 0 aliphatic rings. The lowest BCUT2D eigenvalue weighted by atomic mass is 10.2. The van der Waals surface area contributed by atoms with E-state index in [1.807, 2.05) is 18.2 Å². The highest BCUT2D eigenvalue weighted by Gasteiger charge is 1.92. The number of rotatable bonds is 6. The number of hydrogen-bond donors (Lipinski definition) is 1. The Bertz CT molecular complexity index is 213. The topological polar surface area (TPSA) is 29.5 Å². The fourth-order valence-corrected chi connectivity index (χ4v) is 1.51. The van der Waals surface area contributed by atoms with E-state index in [9.17, 15) is 0 Å². The molecule has 1 N–H and O–H groups in total. The minimum atomic E-state index is 0.200. The Labute approximate surface area is 83.1 Å². The molecule has 0 spiro atoms. The van der Waals surface area contributed by atoms with E-state index in [0.717, 1.165) is 5.75 Å². The molecule has 0 aliphatic heterocycles. The maximum absolute atomic E-state index is 8.49. The minimum absolute atomic E-state index is 0.200. The van der Waals surface area contributed by atoms with Crippen LogP contribution in [-0.4, -0.2) is 18.3 Å². The van der Waals surface area contributed by atoms with Crippen molar-refractivity contribution in [3.8, 4) is 0 Å². The third-order valence-corrected chi connectivity index (χ3v) is 2.32. The van der Waals surface area contributed by atoms with Crippen molar-refractivity contribution in [1.29, 1.82) is 0 Å². The van der Waals surface area contributed by atoms with Gasteiger partial charge in [-0.3, -0.25) is 0 Å². The lowest BCUT2D eigenvalue weighted by Gasteiger charge is -2.01. The van der Waals surface area contributed by atoms with Gasteiger partial charge in [-0.25, -0.2) is 0 Å². The lowest BCUT2D eigenvalue weighted by molar-refractivity contribution is 0.249. The van der Waals surface area contributed by atoms with Crippen molar-refractivity contribution in [1.82, 2.24) is 0 Å². The quantitative estimate of drug-likeness (QED) is 0.561. The third-order valence-electron chi connectivity index (χ3n) is 1.54. The molecule has 2 nitrogen and oxygen atoms in total. The molecule has 72 valence electrons. The van der Waals surface area contributed by atoms with Crippen LogP contribution in [-0.2, 0) is 9.94 Å². The van der Waals surface area contributed by atoms with Gasteiger partial charge in [0.15, 0.2) is 0 Å². The molecular weight excluding hydrogens is 184 g/mol. The van der Waals surface area contributed by atoms with Crippen LogP contribution in [0.1, 0.15) is 12.0 Å². The van der Waals surface area contributed by atoms with Crippen molar-refractivity contribution < 1.29 is 9.29 Å². The maximum Gasteiger partial charge on any atom is 0.0635 e. The van der Waals surface area contributed by atoms with Crippen molar-refractivity contribution in [2.45, 2.75) is 12.2 Å². The second-order valence-corrected chi connectivity index (χ2v) is 3.41. The van der Waals surface area contributed by atoms with Crippen LogP contribution in [0.5, 0.6) is 0 Å². The van der Waals surface area contributed by atoms with Crippen LogP contribution in [0.25, 0.3) is 0 Å². The number of aliphatic hydroxyl groups excluding tert-OH is 1. The molecule has 0 amide bonds. The molecule has 0 saturated heterocycles. The van der Waals surface area contributed by atoms with Crippen LogP contribution < -0.4 is 0 Å². The van der Waals surface area contributed by atoms with E-state index >= 15 is 0 Å². The summed E-state index contributed by atoms with van der Waals surface area (Å²) in [6.07, 6.45) is 0.710. The zero-order valence-corrected chi connectivity index (χ0v) is 8.30. The molecule has 0 aromatic heterocycles. The smallest absolute Gasteiger partial charge is 0.0635 e. The monoisotopic (exact) mass is 198 g/mol. The van der Waals surface area contributed by atoms with E-state index in [2.05, 4.69) is 12.1 Å². The van der Waals surface area contributed by atoms with E-state index in [1.165, 1.54) is 17.6 Å². The predicted octanol–water partition coefficient (Wildman–Crippen LogP) is 2.23. The highest BCUT2D eigenvalue weighted by molar-refractivity contribution is 7.93. The third kappa shape index (κ3) is 4.93. The van der Waals surface area contributed by atoms with Crippen LogP contribution >= 0.6 is 12.0 Å². The highest BCUT2D eigenvalue weighted by atomic mass is 32.2. The summed E-state index contributed by atoms with van der Waals surface area (Å²) in [6, 6.07) is 10.2. The normalized spacial score (nSPS) is 10.2. The summed E-state index contributed by atoms with van der Waals surface area (Å²) < 4.78 is 5.23. The minimum Gasteiger partial charge on any atom is -0.396 e. The molecule has 0 heterocycles. The lowest BCUT2D eigenvalue weighted by Crippen LogP contribution is -1.91. The van der Waals surface area contributed by atoms with Crippen LogP contribution in [0.4, 0.5) is 0 Å². The first-order chi connectivity index (χ1) is 6.43. The molecule has 3 heteroatoms. The molecule has 0 unspecified atom stereocenters. The van der Waals surface area contributed by atoms with Gasteiger partial charge in [-0.1, -0.05) is 30.3 Å². The fourth-order valence-electron chi connectivity index (χ4n) is 0.866. The summed E-state index contributed by atoms with van der Waals surface area (Å²) in [5, 5.41) is 8.49. The fraction of sp³-hybridized carbons (Fsp3) is 0.400. The largest absolute Gasteiger partial charge is 0.396 e. The Balaban J connectivity index is 2.07. The molecule has 0 radical (unpaired) electrons. The highest BCUT2D eigenvalue weighted by Crippen LogP contribution is 2.12. The van der Waals surface area contributed by atoms with Gasteiger partial charge in [0.2, 0.25) is 0 Å². The second-order valence-electron chi connectivity index (χ2n) is 2.65. The first-order valence-electron chi connectivity index (χ1n) is 4.32.